The fourth-order valence-corrected chi connectivity index (χ4v) is 2.83. The van der Waals surface area contributed by atoms with Gasteiger partial charge in [-0.05, 0) is 38.9 Å². The summed E-state index contributed by atoms with van der Waals surface area (Å²) in [6.07, 6.45) is 5.34. The molecule has 0 saturated heterocycles. The van der Waals surface area contributed by atoms with Crippen molar-refractivity contribution < 1.29 is 0 Å². The number of hydrogen-bond acceptors (Lipinski definition) is 2. The Hall–Kier alpha value is -0.860. The Bertz CT molecular complexity index is 323. The van der Waals surface area contributed by atoms with Crippen LogP contribution >= 0.6 is 0 Å². The predicted octanol–water partition coefficient (Wildman–Crippen LogP) is 2.65. The van der Waals surface area contributed by atoms with Crippen LogP contribution in [0.3, 0.4) is 0 Å². The van der Waals surface area contributed by atoms with Gasteiger partial charge in [-0.1, -0.05) is 36.8 Å². The van der Waals surface area contributed by atoms with Crippen LogP contribution in [0.2, 0.25) is 0 Å². The zero-order valence-corrected chi connectivity index (χ0v) is 11.0. The normalized spacial score (nSPS) is 25.1. The van der Waals surface area contributed by atoms with Crippen molar-refractivity contribution >= 4 is 0 Å². The fourth-order valence-electron chi connectivity index (χ4n) is 2.83. The molecule has 2 unspecified atom stereocenters. The number of nitrogens with one attached hydrogen (secondary N) is 1. The predicted molar refractivity (Wildman–Crippen MR) is 73.0 cm³/mol. The molecule has 2 rings (SSSR count). The molecule has 0 bridgehead atoms. The molecule has 1 fully saturated rings. The molecule has 0 aromatic heterocycles. The van der Waals surface area contributed by atoms with Crippen LogP contribution in [-0.4, -0.2) is 31.1 Å². The first kappa shape index (κ1) is 12.6. The van der Waals surface area contributed by atoms with Gasteiger partial charge in [0.05, 0.1) is 0 Å². The molecule has 17 heavy (non-hydrogen) atoms. The fraction of sp³-hybridized carbons (Fsp3) is 0.600. The van der Waals surface area contributed by atoms with E-state index in [-0.39, 0.29) is 0 Å². The molecule has 1 aromatic rings. The standard InChI is InChI=1S/C15H24N2/c1-16-14-9-6-10-15(11-14)17(2)12-13-7-4-3-5-8-13/h3-5,7-8,14-16H,6,9-12H2,1-2H3. The van der Waals surface area contributed by atoms with Crippen LogP contribution in [0.4, 0.5) is 0 Å². The smallest absolute Gasteiger partial charge is 0.0233 e. The molecule has 2 atom stereocenters. The van der Waals surface area contributed by atoms with Crippen molar-refractivity contribution in [1.82, 2.24) is 10.2 Å². The van der Waals surface area contributed by atoms with Gasteiger partial charge in [0.1, 0.15) is 0 Å². The van der Waals surface area contributed by atoms with E-state index >= 15 is 0 Å². The number of nitrogens with zero attached hydrogens (tertiary/aromatic N) is 1. The van der Waals surface area contributed by atoms with Gasteiger partial charge >= 0.3 is 0 Å². The van der Waals surface area contributed by atoms with Crippen LogP contribution in [0.15, 0.2) is 30.3 Å². The lowest BCUT2D eigenvalue weighted by Crippen LogP contribution is -2.41. The minimum absolute atomic E-state index is 0.715. The van der Waals surface area contributed by atoms with Gasteiger partial charge in [0.2, 0.25) is 0 Å². The van der Waals surface area contributed by atoms with Crippen molar-refractivity contribution in [2.45, 2.75) is 44.3 Å². The third-order valence-corrected chi connectivity index (χ3v) is 3.95. The van der Waals surface area contributed by atoms with E-state index in [2.05, 4.69) is 54.6 Å². The van der Waals surface area contributed by atoms with Gasteiger partial charge in [0, 0.05) is 18.6 Å². The van der Waals surface area contributed by atoms with E-state index in [0.717, 1.165) is 12.6 Å². The van der Waals surface area contributed by atoms with Gasteiger partial charge in [-0.25, -0.2) is 0 Å². The molecule has 0 amide bonds. The highest BCUT2D eigenvalue weighted by Gasteiger charge is 2.23. The molecular weight excluding hydrogens is 208 g/mol. The minimum atomic E-state index is 0.715. The molecule has 1 saturated carbocycles. The Morgan fingerprint density at radius 1 is 1.24 bits per heavy atom. The maximum absolute atomic E-state index is 3.43. The van der Waals surface area contributed by atoms with Crippen molar-refractivity contribution in [3.63, 3.8) is 0 Å². The summed E-state index contributed by atoms with van der Waals surface area (Å²) in [7, 11) is 4.35. The third kappa shape index (κ3) is 3.55. The molecule has 1 aliphatic carbocycles. The number of hydrogen-bond donors (Lipinski definition) is 1. The van der Waals surface area contributed by atoms with Gasteiger partial charge < -0.3 is 5.32 Å². The molecule has 0 radical (unpaired) electrons. The lowest BCUT2D eigenvalue weighted by Gasteiger charge is -2.35. The van der Waals surface area contributed by atoms with E-state index in [1.54, 1.807) is 0 Å². The van der Waals surface area contributed by atoms with E-state index in [0.29, 0.717) is 6.04 Å². The molecule has 94 valence electrons. The van der Waals surface area contributed by atoms with Crippen molar-refractivity contribution in [2.75, 3.05) is 14.1 Å². The van der Waals surface area contributed by atoms with Gasteiger partial charge in [0.15, 0.2) is 0 Å². The summed E-state index contributed by atoms with van der Waals surface area (Å²) < 4.78 is 0. The summed E-state index contributed by atoms with van der Waals surface area (Å²) in [5.74, 6) is 0. The van der Waals surface area contributed by atoms with Crippen molar-refractivity contribution in [3.8, 4) is 0 Å². The summed E-state index contributed by atoms with van der Waals surface area (Å²) in [6, 6.07) is 12.2. The van der Waals surface area contributed by atoms with Gasteiger partial charge in [-0.3, -0.25) is 4.90 Å². The topological polar surface area (TPSA) is 15.3 Å². The molecule has 1 N–H and O–H groups in total. The lowest BCUT2D eigenvalue weighted by molar-refractivity contribution is 0.165. The molecule has 2 heteroatoms. The van der Waals surface area contributed by atoms with Crippen molar-refractivity contribution in [3.05, 3.63) is 35.9 Å². The van der Waals surface area contributed by atoms with Crippen LogP contribution in [0.25, 0.3) is 0 Å². The third-order valence-electron chi connectivity index (χ3n) is 3.95. The number of rotatable bonds is 4. The highest BCUT2D eigenvalue weighted by atomic mass is 15.1. The van der Waals surface area contributed by atoms with Crippen molar-refractivity contribution in [2.24, 2.45) is 0 Å². The SMILES string of the molecule is CNC1CCCC(N(C)Cc2ccccc2)C1. The Labute approximate surface area is 105 Å². The van der Waals surface area contributed by atoms with Crippen LogP contribution in [0.5, 0.6) is 0 Å². The zero-order valence-electron chi connectivity index (χ0n) is 11.0. The maximum Gasteiger partial charge on any atom is 0.0233 e. The first-order valence-electron chi connectivity index (χ1n) is 6.71. The van der Waals surface area contributed by atoms with E-state index in [4.69, 9.17) is 0 Å². The van der Waals surface area contributed by atoms with Gasteiger partial charge in [-0.2, -0.15) is 0 Å². The Morgan fingerprint density at radius 2 is 2.00 bits per heavy atom. The molecule has 0 aliphatic heterocycles. The summed E-state index contributed by atoms with van der Waals surface area (Å²) in [5.41, 5.74) is 1.42. The molecule has 1 aliphatic rings. The summed E-state index contributed by atoms with van der Waals surface area (Å²) in [6.45, 7) is 1.07. The summed E-state index contributed by atoms with van der Waals surface area (Å²) in [4.78, 5) is 2.51. The van der Waals surface area contributed by atoms with Crippen molar-refractivity contribution in [1.29, 1.82) is 0 Å². The van der Waals surface area contributed by atoms with Crippen LogP contribution in [0, 0.1) is 0 Å². The molecule has 2 nitrogen and oxygen atoms in total. The van der Waals surface area contributed by atoms with E-state index < -0.39 is 0 Å². The highest BCUT2D eigenvalue weighted by molar-refractivity contribution is 5.14. The second-order valence-electron chi connectivity index (χ2n) is 5.21. The van der Waals surface area contributed by atoms with E-state index in [1.165, 1.54) is 31.2 Å². The molecule has 0 spiro atoms. The highest BCUT2D eigenvalue weighted by Crippen LogP contribution is 2.23. The first-order chi connectivity index (χ1) is 8.29. The van der Waals surface area contributed by atoms with Gasteiger partial charge in [-0.15, -0.1) is 0 Å². The largest absolute Gasteiger partial charge is 0.317 e. The van der Waals surface area contributed by atoms with E-state index in [9.17, 15) is 0 Å². The zero-order chi connectivity index (χ0) is 12.1. The van der Waals surface area contributed by atoms with Crippen LogP contribution in [0.1, 0.15) is 31.2 Å². The van der Waals surface area contributed by atoms with Crippen LogP contribution in [-0.2, 0) is 6.54 Å². The lowest BCUT2D eigenvalue weighted by atomic mass is 9.90. The monoisotopic (exact) mass is 232 g/mol. The minimum Gasteiger partial charge on any atom is -0.317 e. The second-order valence-corrected chi connectivity index (χ2v) is 5.21. The summed E-state index contributed by atoms with van der Waals surface area (Å²) in [5, 5.41) is 3.43. The van der Waals surface area contributed by atoms with Gasteiger partial charge in [0.25, 0.3) is 0 Å². The van der Waals surface area contributed by atoms with E-state index in [1.807, 2.05) is 0 Å². The quantitative estimate of drug-likeness (QED) is 0.858. The Kier molecular flexibility index (Phi) is 4.57. The number of benzene rings is 1. The molecule has 1 aromatic carbocycles. The molecule has 0 heterocycles. The maximum atomic E-state index is 3.43. The average Bonchev–Trinajstić information content (AvgIpc) is 2.40. The Morgan fingerprint density at radius 3 is 2.71 bits per heavy atom. The second kappa shape index (κ2) is 6.18. The average molecular weight is 232 g/mol. The summed E-state index contributed by atoms with van der Waals surface area (Å²) >= 11 is 0. The Balaban J connectivity index is 1.89. The van der Waals surface area contributed by atoms with Crippen LogP contribution < -0.4 is 5.32 Å². The first-order valence-corrected chi connectivity index (χ1v) is 6.71. The molecular formula is C15H24N2.